The molecule has 25 heavy (non-hydrogen) atoms. The second-order valence-electron chi connectivity index (χ2n) is 6.81. The van der Waals surface area contributed by atoms with Crippen molar-refractivity contribution in [1.29, 1.82) is 0 Å². The average Bonchev–Trinajstić information content (AvgIpc) is 2.91. The number of anilines is 1. The fourth-order valence-corrected chi connectivity index (χ4v) is 3.26. The number of imidazole rings is 1. The smallest absolute Gasteiger partial charge is 0.233 e. The summed E-state index contributed by atoms with van der Waals surface area (Å²) in [7, 11) is 0. The van der Waals surface area contributed by atoms with Gasteiger partial charge in [-0.2, -0.15) is 0 Å². The van der Waals surface area contributed by atoms with Gasteiger partial charge in [-0.3, -0.25) is 14.7 Å². The van der Waals surface area contributed by atoms with Crippen LogP contribution < -0.4 is 5.32 Å². The molecule has 0 aliphatic heterocycles. The second-order valence-corrected chi connectivity index (χ2v) is 6.81. The Morgan fingerprint density at radius 3 is 2.60 bits per heavy atom. The van der Waals surface area contributed by atoms with Crippen LogP contribution in [0.1, 0.15) is 49.4 Å². The number of aryl methyl sites for hydroxylation is 1. The fraction of sp³-hybridized carbons (Fsp3) is 0.350. The van der Waals surface area contributed by atoms with E-state index in [0.717, 1.165) is 35.3 Å². The van der Waals surface area contributed by atoms with Gasteiger partial charge in [-0.05, 0) is 50.8 Å². The molecule has 2 heterocycles. The molecule has 5 nitrogen and oxygen atoms in total. The summed E-state index contributed by atoms with van der Waals surface area (Å²) >= 11 is 0. The maximum Gasteiger partial charge on any atom is 0.233 e. The molecule has 0 radical (unpaired) electrons. The summed E-state index contributed by atoms with van der Waals surface area (Å²) in [5.41, 5.74) is 3.66. The van der Waals surface area contributed by atoms with Crippen molar-refractivity contribution in [3.05, 3.63) is 53.7 Å². The molecule has 2 aromatic heterocycles. The maximum absolute atomic E-state index is 12.8. The number of nitrogens with zero attached hydrogens (tertiary/aromatic N) is 3. The molecule has 1 saturated carbocycles. The summed E-state index contributed by atoms with van der Waals surface area (Å²) < 4.78 is 2.11. The zero-order chi connectivity index (χ0) is 17.4. The van der Waals surface area contributed by atoms with Crippen LogP contribution in [0.25, 0.3) is 11.2 Å². The summed E-state index contributed by atoms with van der Waals surface area (Å²) in [4.78, 5) is 22.1. The van der Waals surface area contributed by atoms with Crippen LogP contribution in [0.5, 0.6) is 0 Å². The highest BCUT2D eigenvalue weighted by Gasteiger charge is 2.27. The number of hydrogen-bond donors (Lipinski definition) is 1. The van der Waals surface area contributed by atoms with Crippen LogP contribution in [0.4, 0.5) is 5.95 Å². The highest BCUT2D eigenvalue weighted by atomic mass is 16.2. The SMILES string of the molecule is Cc1ccc2nc(NC(=O)C(C)c3ccccc3)n(C3CCC3)c2n1. The minimum Gasteiger partial charge on any atom is -0.295 e. The van der Waals surface area contributed by atoms with Crippen molar-refractivity contribution in [3.63, 3.8) is 0 Å². The Labute approximate surface area is 147 Å². The first-order chi connectivity index (χ1) is 12.1. The van der Waals surface area contributed by atoms with E-state index in [9.17, 15) is 4.79 Å². The standard InChI is InChI=1S/C20H22N4O/c1-13-11-12-17-18(21-13)24(16-9-6-10-16)20(22-17)23-19(25)14(2)15-7-4-3-5-8-15/h3-5,7-8,11-12,14,16H,6,9-10H2,1-2H3,(H,22,23,25). The molecule has 3 aromatic rings. The second kappa shape index (κ2) is 6.31. The normalized spacial score (nSPS) is 15.8. The van der Waals surface area contributed by atoms with E-state index in [1.807, 2.05) is 56.3 Å². The first-order valence-corrected chi connectivity index (χ1v) is 8.85. The monoisotopic (exact) mass is 334 g/mol. The minimum atomic E-state index is -0.231. The Bertz CT molecular complexity index is 912. The van der Waals surface area contributed by atoms with Gasteiger partial charge in [-0.25, -0.2) is 9.97 Å². The van der Waals surface area contributed by atoms with Crippen LogP contribution >= 0.6 is 0 Å². The molecule has 128 valence electrons. The Kier molecular flexibility index (Phi) is 3.99. The summed E-state index contributed by atoms with van der Waals surface area (Å²) in [6.45, 7) is 3.90. The van der Waals surface area contributed by atoms with Crippen molar-refractivity contribution in [2.45, 2.75) is 45.1 Å². The third-order valence-electron chi connectivity index (χ3n) is 5.04. The Morgan fingerprint density at radius 2 is 1.92 bits per heavy atom. The van der Waals surface area contributed by atoms with Gasteiger partial charge in [0.15, 0.2) is 5.65 Å². The highest BCUT2D eigenvalue weighted by Crippen LogP contribution is 2.36. The van der Waals surface area contributed by atoms with E-state index in [1.165, 1.54) is 6.42 Å². The number of rotatable bonds is 4. The molecule has 0 bridgehead atoms. The van der Waals surface area contributed by atoms with E-state index >= 15 is 0 Å². The number of carbonyl (C=O) groups is 1. The number of carbonyl (C=O) groups excluding carboxylic acids is 1. The van der Waals surface area contributed by atoms with Crippen molar-refractivity contribution in [3.8, 4) is 0 Å². The predicted octanol–water partition coefficient (Wildman–Crippen LogP) is 4.21. The van der Waals surface area contributed by atoms with Crippen LogP contribution in [0.3, 0.4) is 0 Å². The lowest BCUT2D eigenvalue weighted by Gasteiger charge is -2.28. The summed E-state index contributed by atoms with van der Waals surface area (Å²) in [6, 6.07) is 14.1. The lowest BCUT2D eigenvalue weighted by Crippen LogP contribution is -2.24. The third-order valence-corrected chi connectivity index (χ3v) is 5.04. The molecule has 0 saturated heterocycles. The zero-order valence-electron chi connectivity index (χ0n) is 14.6. The summed E-state index contributed by atoms with van der Waals surface area (Å²) in [5.74, 6) is 0.343. The van der Waals surface area contributed by atoms with Gasteiger partial charge in [0.2, 0.25) is 11.9 Å². The van der Waals surface area contributed by atoms with E-state index in [0.29, 0.717) is 12.0 Å². The van der Waals surface area contributed by atoms with Gasteiger partial charge in [-0.15, -0.1) is 0 Å². The van der Waals surface area contributed by atoms with Crippen molar-refractivity contribution < 1.29 is 4.79 Å². The fourth-order valence-electron chi connectivity index (χ4n) is 3.26. The number of benzene rings is 1. The zero-order valence-corrected chi connectivity index (χ0v) is 14.6. The molecule has 1 amide bonds. The molecule has 1 unspecified atom stereocenters. The summed E-state index contributed by atoms with van der Waals surface area (Å²) in [6.07, 6.45) is 3.43. The first-order valence-electron chi connectivity index (χ1n) is 8.85. The van der Waals surface area contributed by atoms with Crippen LogP contribution in [0.2, 0.25) is 0 Å². The number of pyridine rings is 1. The van der Waals surface area contributed by atoms with Gasteiger partial charge < -0.3 is 0 Å². The van der Waals surface area contributed by atoms with E-state index in [1.54, 1.807) is 0 Å². The molecule has 1 aliphatic rings. The van der Waals surface area contributed by atoms with E-state index in [4.69, 9.17) is 0 Å². The lowest BCUT2D eigenvalue weighted by molar-refractivity contribution is -0.117. The molecular weight excluding hydrogens is 312 g/mol. The number of nitrogens with one attached hydrogen (secondary N) is 1. The Balaban J connectivity index is 1.68. The summed E-state index contributed by atoms with van der Waals surface area (Å²) in [5, 5.41) is 3.04. The molecule has 1 N–H and O–H groups in total. The van der Waals surface area contributed by atoms with Gasteiger partial charge in [0.05, 0.1) is 5.92 Å². The first kappa shape index (κ1) is 15.8. The van der Waals surface area contributed by atoms with Gasteiger partial charge in [0, 0.05) is 11.7 Å². The quantitative estimate of drug-likeness (QED) is 0.777. The predicted molar refractivity (Wildman–Crippen MR) is 98.6 cm³/mol. The molecule has 1 fully saturated rings. The number of aromatic nitrogens is 3. The van der Waals surface area contributed by atoms with Crippen molar-refractivity contribution >= 4 is 23.0 Å². The third kappa shape index (κ3) is 2.90. The van der Waals surface area contributed by atoms with Crippen LogP contribution in [-0.2, 0) is 4.79 Å². The van der Waals surface area contributed by atoms with E-state index in [-0.39, 0.29) is 11.8 Å². The van der Waals surface area contributed by atoms with Crippen molar-refractivity contribution in [1.82, 2.24) is 14.5 Å². The lowest BCUT2D eigenvalue weighted by atomic mass is 9.93. The molecular formula is C20H22N4O. The highest BCUT2D eigenvalue weighted by molar-refractivity contribution is 5.95. The minimum absolute atomic E-state index is 0.0428. The van der Waals surface area contributed by atoms with Crippen LogP contribution in [-0.4, -0.2) is 20.4 Å². The van der Waals surface area contributed by atoms with Gasteiger partial charge >= 0.3 is 0 Å². The number of hydrogen-bond acceptors (Lipinski definition) is 3. The topological polar surface area (TPSA) is 59.8 Å². The van der Waals surface area contributed by atoms with Gasteiger partial charge in [0.1, 0.15) is 5.52 Å². The molecule has 5 heteroatoms. The largest absolute Gasteiger partial charge is 0.295 e. The Hall–Kier alpha value is -2.69. The molecule has 1 atom stereocenters. The molecule has 0 spiro atoms. The Morgan fingerprint density at radius 1 is 1.16 bits per heavy atom. The van der Waals surface area contributed by atoms with E-state index < -0.39 is 0 Å². The average molecular weight is 334 g/mol. The molecule has 1 aliphatic carbocycles. The van der Waals surface area contributed by atoms with Crippen LogP contribution in [0, 0.1) is 6.92 Å². The van der Waals surface area contributed by atoms with Gasteiger partial charge in [0.25, 0.3) is 0 Å². The number of fused-ring (bicyclic) bond motifs is 1. The van der Waals surface area contributed by atoms with Crippen molar-refractivity contribution in [2.24, 2.45) is 0 Å². The number of amides is 1. The van der Waals surface area contributed by atoms with Gasteiger partial charge in [-0.1, -0.05) is 30.3 Å². The maximum atomic E-state index is 12.8. The van der Waals surface area contributed by atoms with Crippen LogP contribution in [0.15, 0.2) is 42.5 Å². The molecule has 4 rings (SSSR count). The molecule has 1 aromatic carbocycles. The van der Waals surface area contributed by atoms with Crippen molar-refractivity contribution in [2.75, 3.05) is 5.32 Å². The van der Waals surface area contributed by atoms with E-state index in [2.05, 4.69) is 19.9 Å².